The van der Waals surface area contributed by atoms with Gasteiger partial charge in [-0.2, -0.15) is 0 Å². The molecule has 2 aromatic carbocycles. The number of nitrogens with one attached hydrogen (secondary N) is 3. The van der Waals surface area contributed by atoms with Crippen LogP contribution in [0.4, 0.5) is 5.69 Å². The van der Waals surface area contributed by atoms with E-state index in [1.54, 1.807) is 19.2 Å². The maximum atomic E-state index is 12.5. The molecule has 0 spiro atoms. The number of rotatable bonds is 4. The van der Waals surface area contributed by atoms with E-state index in [1.807, 2.05) is 49.4 Å². The Balaban J connectivity index is 1.71. The van der Waals surface area contributed by atoms with Crippen LogP contribution in [0.15, 0.2) is 54.7 Å². The lowest BCUT2D eigenvalue weighted by Crippen LogP contribution is -2.41. The minimum absolute atomic E-state index is 0.251. The zero-order valence-electron chi connectivity index (χ0n) is 13.6. The van der Waals surface area contributed by atoms with Gasteiger partial charge in [0.25, 0.3) is 5.91 Å². The molecule has 3 N–H and O–H groups in total. The van der Waals surface area contributed by atoms with Crippen LogP contribution < -0.4 is 10.6 Å². The molecule has 0 saturated carbocycles. The monoisotopic (exact) mass is 321 g/mol. The standard InChI is InChI=1S/C19H19N3O2/c1-12-6-3-4-8-16(12)22-18(23)13(2)21-19(24)15-7-5-9-17-14(15)10-11-20-17/h3-11,13,20H,1-2H3,(H,21,24)(H,22,23). The maximum absolute atomic E-state index is 12.5. The molecule has 1 aromatic heterocycles. The average molecular weight is 321 g/mol. The molecule has 0 saturated heterocycles. The van der Waals surface area contributed by atoms with Crippen LogP contribution >= 0.6 is 0 Å². The van der Waals surface area contributed by atoms with Crippen molar-refractivity contribution in [3.63, 3.8) is 0 Å². The van der Waals surface area contributed by atoms with E-state index in [2.05, 4.69) is 15.6 Å². The number of H-pyrrole nitrogens is 1. The highest BCUT2D eigenvalue weighted by Crippen LogP contribution is 2.17. The number of benzene rings is 2. The zero-order valence-corrected chi connectivity index (χ0v) is 13.6. The second-order valence-corrected chi connectivity index (χ2v) is 5.74. The molecule has 5 nitrogen and oxygen atoms in total. The zero-order chi connectivity index (χ0) is 17.1. The van der Waals surface area contributed by atoms with Crippen molar-refractivity contribution in [3.8, 4) is 0 Å². The lowest BCUT2D eigenvalue weighted by molar-refractivity contribution is -0.117. The molecule has 2 amide bonds. The summed E-state index contributed by atoms with van der Waals surface area (Å²) in [5.74, 6) is -0.522. The summed E-state index contributed by atoms with van der Waals surface area (Å²) >= 11 is 0. The molecule has 3 rings (SSSR count). The van der Waals surface area contributed by atoms with Crippen LogP contribution in [-0.4, -0.2) is 22.8 Å². The first-order chi connectivity index (χ1) is 11.6. The molecular formula is C19H19N3O2. The van der Waals surface area contributed by atoms with Crippen LogP contribution in [-0.2, 0) is 4.79 Å². The Hall–Kier alpha value is -3.08. The number of amides is 2. The van der Waals surface area contributed by atoms with Gasteiger partial charge >= 0.3 is 0 Å². The number of aromatic nitrogens is 1. The number of para-hydroxylation sites is 1. The van der Waals surface area contributed by atoms with E-state index in [0.717, 1.165) is 22.2 Å². The van der Waals surface area contributed by atoms with Crippen molar-refractivity contribution in [2.75, 3.05) is 5.32 Å². The highest BCUT2D eigenvalue weighted by atomic mass is 16.2. The molecule has 0 aliphatic rings. The number of anilines is 1. The largest absolute Gasteiger partial charge is 0.361 e. The number of aromatic amines is 1. The summed E-state index contributed by atoms with van der Waals surface area (Å²) in [6, 6.07) is 14.2. The predicted octanol–water partition coefficient (Wildman–Crippen LogP) is 3.23. The molecule has 0 aliphatic carbocycles. The average Bonchev–Trinajstić information content (AvgIpc) is 3.05. The topological polar surface area (TPSA) is 74.0 Å². The second-order valence-electron chi connectivity index (χ2n) is 5.74. The smallest absolute Gasteiger partial charge is 0.252 e. The lowest BCUT2D eigenvalue weighted by atomic mass is 10.1. The molecular weight excluding hydrogens is 302 g/mol. The van der Waals surface area contributed by atoms with Crippen LogP contribution in [0, 0.1) is 6.92 Å². The predicted molar refractivity (Wildman–Crippen MR) is 95.0 cm³/mol. The molecule has 1 unspecified atom stereocenters. The van der Waals surface area contributed by atoms with Gasteiger partial charge in [-0.25, -0.2) is 0 Å². The Bertz CT molecular complexity index is 898. The van der Waals surface area contributed by atoms with E-state index in [1.165, 1.54) is 0 Å². The van der Waals surface area contributed by atoms with E-state index in [0.29, 0.717) is 5.56 Å². The number of carbonyl (C=O) groups is 2. The lowest BCUT2D eigenvalue weighted by Gasteiger charge is -2.15. The fraction of sp³-hybridized carbons (Fsp3) is 0.158. The number of fused-ring (bicyclic) bond motifs is 1. The van der Waals surface area contributed by atoms with Crippen molar-refractivity contribution in [1.29, 1.82) is 0 Å². The van der Waals surface area contributed by atoms with Crippen LogP contribution in [0.2, 0.25) is 0 Å². The van der Waals surface area contributed by atoms with Crippen molar-refractivity contribution >= 4 is 28.4 Å². The molecule has 0 aliphatic heterocycles. The van der Waals surface area contributed by atoms with Crippen molar-refractivity contribution in [1.82, 2.24) is 10.3 Å². The summed E-state index contributed by atoms with van der Waals surface area (Å²) in [4.78, 5) is 27.9. The van der Waals surface area contributed by atoms with E-state index >= 15 is 0 Å². The third-order valence-electron chi connectivity index (χ3n) is 3.98. The Kier molecular flexibility index (Phi) is 4.33. The third kappa shape index (κ3) is 3.15. The summed E-state index contributed by atoms with van der Waals surface area (Å²) < 4.78 is 0. The van der Waals surface area contributed by atoms with Gasteiger partial charge in [0.15, 0.2) is 0 Å². The first-order valence-electron chi connectivity index (χ1n) is 7.79. The van der Waals surface area contributed by atoms with E-state index < -0.39 is 6.04 Å². The van der Waals surface area contributed by atoms with Gasteiger partial charge < -0.3 is 15.6 Å². The first-order valence-corrected chi connectivity index (χ1v) is 7.79. The normalized spacial score (nSPS) is 11.9. The molecule has 1 heterocycles. The summed E-state index contributed by atoms with van der Waals surface area (Å²) in [5, 5.41) is 6.43. The molecule has 0 bridgehead atoms. The van der Waals surface area contributed by atoms with Crippen molar-refractivity contribution in [3.05, 3.63) is 65.9 Å². The summed E-state index contributed by atoms with van der Waals surface area (Å²) in [6.07, 6.45) is 1.79. The van der Waals surface area contributed by atoms with Gasteiger partial charge in [-0.05, 0) is 43.7 Å². The Morgan fingerprint density at radius 1 is 1.04 bits per heavy atom. The van der Waals surface area contributed by atoms with Crippen LogP contribution in [0.3, 0.4) is 0 Å². The molecule has 5 heteroatoms. The SMILES string of the molecule is Cc1ccccc1NC(=O)C(C)NC(=O)c1cccc2[nH]ccc12. The number of aryl methyl sites for hydroxylation is 1. The van der Waals surface area contributed by atoms with Crippen molar-refractivity contribution in [2.45, 2.75) is 19.9 Å². The van der Waals surface area contributed by atoms with Gasteiger partial charge in [0.1, 0.15) is 6.04 Å². The van der Waals surface area contributed by atoms with Crippen LogP contribution in [0.5, 0.6) is 0 Å². The maximum Gasteiger partial charge on any atom is 0.252 e. The summed E-state index contributed by atoms with van der Waals surface area (Å²) in [5.41, 5.74) is 3.15. The van der Waals surface area contributed by atoms with Gasteiger partial charge in [-0.3, -0.25) is 9.59 Å². The van der Waals surface area contributed by atoms with Crippen molar-refractivity contribution < 1.29 is 9.59 Å². The minimum Gasteiger partial charge on any atom is -0.361 e. The molecule has 24 heavy (non-hydrogen) atoms. The van der Waals surface area contributed by atoms with E-state index in [9.17, 15) is 9.59 Å². The van der Waals surface area contributed by atoms with Gasteiger partial charge in [0.05, 0.1) is 0 Å². The Morgan fingerprint density at radius 2 is 1.83 bits per heavy atom. The number of hydrogen-bond acceptors (Lipinski definition) is 2. The minimum atomic E-state index is -0.647. The van der Waals surface area contributed by atoms with Gasteiger partial charge in [0.2, 0.25) is 5.91 Å². The molecule has 3 aromatic rings. The van der Waals surface area contributed by atoms with E-state index in [4.69, 9.17) is 0 Å². The van der Waals surface area contributed by atoms with Crippen LogP contribution in [0.1, 0.15) is 22.8 Å². The Labute approximate surface area is 140 Å². The van der Waals surface area contributed by atoms with E-state index in [-0.39, 0.29) is 11.8 Å². The highest BCUT2D eigenvalue weighted by Gasteiger charge is 2.18. The molecule has 0 radical (unpaired) electrons. The summed E-state index contributed by atoms with van der Waals surface area (Å²) in [7, 11) is 0. The van der Waals surface area contributed by atoms with Gasteiger partial charge in [-0.1, -0.05) is 24.3 Å². The molecule has 1 atom stereocenters. The van der Waals surface area contributed by atoms with Crippen LogP contribution in [0.25, 0.3) is 10.9 Å². The molecule has 0 fully saturated rings. The number of carbonyl (C=O) groups excluding carboxylic acids is 2. The fourth-order valence-electron chi connectivity index (χ4n) is 2.58. The van der Waals surface area contributed by atoms with Gasteiger partial charge in [-0.15, -0.1) is 0 Å². The number of hydrogen-bond donors (Lipinski definition) is 3. The fourth-order valence-corrected chi connectivity index (χ4v) is 2.58. The molecule has 122 valence electrons. The van der Waals surface area contributed by atoms with Gasteiger partial charge in [0, 0.05) is 28.4 Å². The highest BCUT2D eigenvalue weighted by molar-refractivity contribution is 6.08. The summed E-state index contributed by atoms with van der Waals surface area (Å²) in [6.45, 7) is 3.59. The van der Waals surface area contributed by atoms with Crippen molar-refractivity contribution in [2.24, 2.45) is 0 Å². The first kappa shape index (κ1) is 15.8. The third-order valence-corrected chi connectivity index (χ3v) is 3.98. The quantitative estimate of drug-likeness (QED) is 0.690. The second kappa shape index (κ2) is 6.58. The Morgan fingerprint density at radius 3 is 2.62 bits per heavy atom.